The summed E-state index contributed by atoms with van der Waals surface area (Å²) in [6.07, 6.45) is 1.17. The second-order valence-electron chi connectivity index (χ2n) is 3.54. The van der Waals surface area contributed by atoms with E-state index in [9.17, 15) is 0 Å². The Bertz CT molecular complexity index is 233. The zero-order valence-corrected chi connectivity index (χ0v) is 9.09. The normalized spacial score (nSPS) is 12.7. The van der Waals surface area contributed by atoms with Crippen LogP contribution in [0.15, 0.2) is 30.3 Å². The van der Waals surface area contributed by atoms with E-state index in [0.717, 1.165) is 13.1 Å². The fraction of sp³-hybridized carbons (Fsp3) is 0.500. The molecule has 0 aliphatic carbocycles. The van der Waals surface area contributed by atoms with Crippen molar-refractivity contribution in [1.82, 2.24) is 10.6 Å². The van der Waals surface area contributed by atoms with Crippen LogP contribution in [0.5, 0.6) is 0 Å². The topological polar surface area (TPSA) is 24.1 Å². The Balaban J connectivity index is 2.25. The molecule has 14 heavy (non-hydrogen) atoms. The van der Waals surface area contributed by atoms with Crippen molar-refractivity contribution < 1.29 is 0 Å². The Morgan fingerprint density at radius 2 is 1.86 bits per heavy atom. The molecule has 2 N–H and O–H groups in total. The lowest BCUT2D eigenvalue weighted by Gasteiger charge is -2.13. The molecule has 2 nitrogen and oxygen atoms in total. The summed E-state index contributed by atoms with van der Waals surface area (Å²) in [5.41, 5.74) is 1.36. The van der Waals surface area contributed by atoms with Crippen LogP contribution in [0.1, 0.15) is 24.9 Å². The predicted octanol–water partition coefficient (Wildman–Crippen LogP) is 1.95. The second-order valence-corrected chi connectivity index (χ2v) is 3.54. The molecule has 0 radical (unpaired) electrons. The molecule has 1 atom stereocenters. The fourth-order valence-corrected chi connectivity index (χ4v) is 1.44. The van der Waals surface area contributed by atoms with E-state index < -0.39 is 0 Å². The average molecular weight is 192 g/mol. The highest BCUT2D eigenvalue weighted by Crippen LogP contribution is 2.10. The smallest absolute Gasteiger partial charge is 0.0291 e. The number of hydrogen-bond acceptors (Lipinski definition) is 2. The van der Waals surface area contributed by atoms with Gasteiger partial charge in [0, 0.05) is 6.04 Å². The van der Waals surface area contributed by atoms with Gasteiger partial charge in [0.25, 0.3) is 0 Å². The molecular formula is C12H20N2. The summed E-state index contributed by atoms with van der Waals surface area (Å²) >= 11 is 0. The van der Waals surface area contributed by atoms with Crippen LogP contribution in [0.25, 0.3) is 0 Å². The van der Waals surface area contributed by atoms with Crippen LogP contribution >= 0.6 is 0 Å². The summed E-state index contributed by atoms with van der Waals surface area (Å²) in [6, 6.07) is 11.0. The lowest BCUT2D eigenvalue weighted by Crippen LogP contribution is -2.22. The van der Waals surface area contributed by atoms with E-state index in [1.54, 1.807) is 0 Å². The first-order valence-electron chi connectivity index (χ1n) is 5.27. The molecule has 1 aromatic rings. The number of hydrogen-bond donors (Lipinski definition) is 2. The maximum atomic E-state index is 3.49. The van der Waals surface area contributed by atoms with Gasteiger partial charge in [-0.2, -0.15) is 0 Å². The third-order valence-corrected chi connectivity index (χ3v) is 2.35. The van der Waals surface area contributed by atoms with Crippen molar-refractivity contribution >= 4 is 0 Å². The Morgan fingerprint density at radius 3 is 2.50 bits per heavy atom. The van der Waals surface area contributed by atoms with Gasteiger partial charge in [0.15, 0.2) is 0 Å². The molecule has 2 heteroatoms. The minimum atomic E-state index is 0.452. The minimum Gasteiger partial charge on any atom is -0.320 e. The van der Waals surface area contributed by atoms with Crippen LogP contribution in [-0.2, 0) is 0 Å². The van der Waals surface area contributed by atoms with Crippen molar-refractivity contribution in [3.63, 3.8) is 0 Å². The monoisotopic (exact) mass is 192 g/mol. The van der Waals surface area contributed by atoms with Gasteiger partial charge in [-0.3, -0.25) is 0 Å². The van der Waals surface area contributed by atoms with Crippen molar-refractivity contribution in [2.45, 2.75) is 19.4 Å². The number of nitrogens with one attached hydrogen (secondary N) is 2. The molecule has 1 unspecified atom stereocenters. The Morgan fingerprint density at radius 1 is 1.14 bits per heavy atom. The van der Waals surface area contributed by atoms with Crippen LogP contribution < -0.4 is 10.6 Å². The van der Waals surface area contributed by atoms with Crippen LogP contribution in [0.2, 0.25) is 0 Å². The highest BCUT2D eigenvalue weighted by molar-refractivity contribution is 5.17. The predicted molar refractivity (Wildman–Crippen MR) is 61.4 cm³/mol. The molecule has 0 fully saturated rings. The highest BCUT2D eigenvalue weighted by Gasteiger charge is 2.01. The van der Waals surface area contributed by atoms with E-state index in [1.165, 1.54) is 12.0 Å². The maximum absolute atomic E-state index is 3.49. The van der Waals surface area contributed by atoms with E-state index in [0.29, 0.717) is 6.04 Å². The Hall–Kier alpha value is -0.860. The van der Waals surface area contributed by atoms with Crippen molar-refractivity contribution in [2.75, 3.05) is 20.1 Å². The summed E-state index contributed by atoms with van der Waals surface area (Å²) in [4.78, 5) is 0. The van der Waals surface area contributed by atoms with Gasteiger partial charge in [-0.1, -0.05) is 30.3 Å². The van der Waals surface area contributed by atoms with Crippen molar-refractivity contribution in [3.8, 4) is 0 Å². The first-order valence-corrected chi connectivity index (χ1v) is 5.27. The zero-order valence-electron chi connectivity index (χ0n) is 9.09. The zero-order chi connectivity index (χ0) is 10.2. The van der Waals surface area contributed by atoms with Crippen molar-refractivity contribution in [3.05, 3.63) is 35.9 Å². The summed E-state index contributed by atoms with van der Waals surface area (Å²) in [5.74, 6) is 0. The molecule has 0 bridgehead atoms. The molecule has 0 amide bonds. The summed E-state index contributed by atoms with van der Waals surface area (Å²) in [5, 5.41) is 6.63. The standard InChI is InChI=1S/C12H20N2/c1-11(14-10-6-9-13-2)12-7-4-3-5-8-12/h3-5,7-8,11,13-14H,6,9-10H2,1-2H3. The van der Waals surface area contributed by atoms with Gasteiger partial charge >= 0.3 is 0 Å². The second kappa shape index (κ2) is 6.57. The van der Waals surface area contributed by atoms with Gasteiger partial charge in [-0.25, -0.2) is 0 Å². The average Bonchev–Trinajstić information content (AvgIpc) is 2.25. The molecule has 0 aromatic heterocycles. The van der Waals surface area contributed by atoms with Gasteiger partial charge in [0.2, 0.25) is 0 Å². The lowest BCUT2D eigenvalue weighted by atomic mass is 10.1. The summed E-state index contributed by atoms with van der Waals surface area (Å²) < 4.78 is 0. The third kappa shape index (κ3) is 3.90. The Kier molecular flexibility index (Phi) is 5.27. The lowest BCUT2D eigenvalue weighted by molar-refractivity contribution is 0.549. The minimum absolute atomic E-state index is 0.452. The SMILES string of the molecule is CNCCCNC(C)c1ccccc1. The summed E-state index contributed by atoms with van der Waals surface area (Å²) in [6.45, 7) is 4.35. The quantitative estimate of drug-likeness (QED) is 0.673. The number of benzene rings is 1. The van der Waals surface area contributed by atoms with Crippen LogP contribution in [-0.4, -0.2) is 20.1 Å². The first kappa shape index (κ1) is 11.2. The molecular weight excluding hydrogens is 172 g/mol. The molecule has 1 rings (SSSR count). The van der Waals surface area contributed by atoms with Gasteiger partial charge in [-0.15, -0.1) is 0 Å². The molecule has 0 saturated carbocycles. The molecule has 0 aliphatic rings. The molecule has 0 aliphatic heterocycles. The van der Waals surface area contributed by atoms with E-state index in [2.05, 4.69) is 47.9 Å². The molecule has 0 spiro atoms. The van der Waals surface area contributed by atoms with Gasteiger partial charge in [0.1, 0.15) is 0 Å². The van der Waals surface area contributed by atoms with Gasteiger partial charge in [0.05, 0.1) is 0 Å². The molecule has 1 aromatic carbocycles. The van der Waals surface area contributed by atoms with Crippen molar-refractivity contribution in [1.29, 1.82) is 0 Å². The van der Waals surface area contributed by atoms with E-state index >= 15 is 0 Å². The van der Waals surface area contributed by atoms with E-state index in [4.69, 9.17) is 0 Å². The van der Waals surface area contributed by atoms with E-state index in [1.807, 2.05) is 7.05 Å². The van der Waals surface area contributed by atoms with Crippen LogP contribution in [0.4, 0.5) is 0 Å². The van der Waals surface area contributed by atoms with Crippen LogP contribution in [0, 0.1) is 0 Å². The summed E-state index contributed by atoms with van der Waals surface area (Å²) in [7, 11) is 1.99. The molecule has 0 heterocycles. The third-order valence-electron chi connectivity index (χ3n) is 2.35. The first-order chi connectivity index (χ1) is 6.84. The van der Waals surface area contributed by atoms with Gasteiger partial charge < -0.3 is 10.6 Å². The van der Waals surface area contributed by atoms with Crippen molar-refractivity contribution in [2.24, 2.45) is 0 Å². The fourth-order valence-electron chi connectivity index (χ4n) is 1.44. The number of rotatable bonds is 6. The maximum Gasteiger partial charge on any atom is 0.0291 e. The highest BCUT2D eigenvalue weighted by atomic mass is 14.9. The Labute approximate surface area is 86.7 Å². The van der Waals surface area contributed by atoms with E-state index in [-0.39, 0.29) is 0 Å². The molecule has 78 valence electrons. The van der Waals surface area contributed by atoms with Crippen LogP contribution in [0.3, 0.4) is 0 Å². The molecule has 0 saturated heterocycles. The largest absolute Gasteiger partial charge is 0.320 e. The van der Waals surface area contributed by atoms with Gasteiger partial charge in [-0.05, 0) is 39.0 Å².